The monoisotopic (exact) mass is 437 g/mol. The van der Waals surface area contributed by atoms with Crippen LogP contribution in [-0.2, 0) is 0 Å². The molecule has 7 nitrogen and oxygen atoms in total. The summed E-state index contributed by atoms with van der Waals surface area (Å²) in [4.78, 5) is 19.7. The zero-order valence-corrected chi connectivity index (χ0v) is 17.0. The first-order valence-corrected chi connectivity index (χ1v) is 10.3. The Balaban J connectivity index is 1.58. The normalized spacial score (nSPS) is 21.7. The summed E-state index contributed by atoms with van der Waals surface area (Å²) < 4.78 is 14.3. The number of nitrogens with zero attached hydrogens (tertiary/aromatic N) is 3. The van der Waals surface area contributed by atoms with Gasteiger partial charge in [0.2, 0.25) is 0 Å². The number of hydrogen-bond acceptors (Lipinski definition) is 6. The summed E-state index contributed by atoms with van der Waals surface area (Å²) >= 11 is 5.84. The fraction of sp³-hybridized carbons (Fsp3) is 0.273. The molecule has 2 bridgehead atoms. The lowest BCUT2D eigenvalue weighted by Gasteiger charge is -2.18. The number of hydrogen-bond donors (Lipinski definition) is 2. The third-order valence-electron chi connectivity index (χ3n) is 5.91. The molecule has 1 aromatic heterocycles. The zero-order chi connectivity index (χ0) is 21.6. The van der Waals surface area contributed by atoms with Crippen molar-refractivity contribution in [2.45, 2.75) is 37.3 Å². The van der Waals surface area contributed by atoms with Crippen molar-refractivity contribution >= 4 is 39.7 Å². The van der Waals surface area contributed by atoms with Gasteiger partial charge in [-0.25, -0.2) is 14.4 Å². The first-order valence-electron chi connectivity index (χ1n) is 9.89. The Hall–Kier alpha value is -3.28. The van der Waals surface area contributed by atoms with Crippen LogP contribution in [0.25, 0.3) is 10.9 Å². The second kappa shape index (κ2) is 7.45. The standard InChI is InChI=1S/C22H17ClFN5O2/c23-16-2-1-3-17(20(16)24)27-21-15-11-19(29(30)31)13(10-18(15)25-12-26-21)4-7-22-8-5-14(28-22)6-9-22/h1-3,10-12,14,28H,5-6,8-9H2,(H,25,26,27). The molecule has 0 spiro atoms. The number of aromatic nitrogens is 2. The summed E-state index contributed by atoms with van der Waals surface area (Å²) in [6.07, 6.45) is 5.38. The fourth-order valence-corrected chi connectivity index (χ4v) is 4.48. The van der Waals surface area contributed by atoms with Gasteiger partial charge in [0, 0.05) is 17.5 Å². The molecule has 2 fully saturated rings. The van der Waals surface area contributed by atoms with Gasteiger partial charge in [0.1, 0.15) is 17.7 Å². The second-order valence-corrected chi connectivity index (χ2v) is 8.25. The minimum atomic E-state index is -0.633. The number of benzene rings is 2. The van der Waals surface area contributed by atoms with Crippen LogP contribution < -0.4 is 10.6 Å². The molecule has 0 atom stereocenters. The Morgan fingerprint density at radius 1 is 1.29 bits per heavy atom. The summed E-state index contributed by atoms with van der Waals surface area (Å²) in [6.45, 7) is 0. The molecule has 3 heterocycles. The average molecular weight is 438 g/mol. The summed E-state index contributed by atoms with van der Waals surface area (Å²) in [6, 6.07) is 7.99. The number of nitrogens with one attached hydrogen (secondary N) is 2. The Bertz CT molecular complexity index is 1280. The molecule has 3 aromatic rings. The van der Waals surface area contributed by atoms with Crippen LogP contribution in [0.4, 0.5) is 21.6 Å². The van der Waals surface area contributed by atoms with Crippen molar-refractivity contribution in [1.82, 2.24) is 15.3 Å². The molecule has 2 aliphatic heterocycles. The molecule has 0 radical (unpaired) electrons. The highest BCUT2D eigenvalue weighted by Gasteiger charge is 2.43. The van der Waals surface area contributed by atoms with Gasteiger partial charge in [-0.05, 0) is 43.9 Å². The van der Waals surface area contributed by atoms with E-state index >= 15 is 0 Å². The van der Waals surface area contributed by atoms with E-state index in [4.69, 9.17) is 11.6 Å². The summed E-state index contributed by atoms with van der Waals surface area (Å²) in [5, 5.41) is 18.5. The lowest BCUT2D eigenvalue weighted by molar-refractivity contribution is -0.385. The van der Waals surface area contributed by atoms with Gasteiger partial charge in [-0.2, -0.15) is 0 Å². The number of nitro benzene ring substituents is 1. The van der Waals surface area contributed by atoms with Gasteiger partial charge < -0.3 is 5.32 Å². The van der Waals surface area contributed by atoms with Crippen LogP contribution in [0.5, 0.6) is 0 Å². The maximum Gasteiger partial charge on any atom is 0.285 e. The van der Waals surface area contributed by atoms with Gasteiger partial charge in [0.05, 0.1) is 26.7 Å². The molecule has 2 aromatic carbocycles. The van der Waals surface area contributed by atoms with Gasteiger partial charge in [-0.1, -0.05) is 29.5 Å². The Labute approximate surface area is 182 Å². The van der Waals surface area contributed by atoms with E-state index in [1.54, 1.807) is 12.1 Å². The molecule has 31 heavy (non-hydrogen) atoms. The summed E-state index contributed by atoms with van der Waals surface area (Å²) in [5.41, 5.74) is 0.476. The highest BCUT2D eigenvalue weighted by molar-refractivity contribution is 6.31. The molecule has 0 saturated carbocycles. The second-order valence-electron chi connectivity index (χ2n) is 7.84. The Kier molecular flexibility index (Phi) is 4.73. The maximum atomic E-state index is 14.3. The molecule has 2 aliphatic rings. The van der Waals surface area contributed by atoms with E-state index in [2.05, 4.69) is 32.4 Å². The quantitative estimate of drug-likeness (QED) is 0.350. The molecule has 5 rings (SSSR count). The van der Waals surface area contributed by atoms with E-state index in [1.807, 2.05) is 0 Å². The lowest BCUT2D eigenvalue weighted by atomic mass is 9.88. The van der Waals surface area contributed by atoms with Crippen LogP contribution in [0.15, 0.2) is 36.7 Å². The third-order valence-corrected chi connectivity index (χ3v) is 6.20. The van der Waals surface area contributed by atoms with Crippen molar-refractivity contribution in [3.05, 3.63) is 63.2 Å². The smallest absolute Gasteiger partial charge is 0.285 e. The maximum absolute atomic E-state index is 14.3. The van der Waals surface area contributed by atoms with E-state index in [-0.39, 0.29) is 27.8 Å². The number of rotatable bonds is 3. The van der Waals surface area contributed by atoms with Gasteiger partial charge >= 0.3 is 0 Å². The average Bonchev–Trinajstić information content (AvgIpc) is 3.36. The minimum absolute atomic E-state index is 0.0408. The lowest BCUT2D eigenvalue weighted by Crippen LogP contribution is -2.34. The molecule has 0 amide bonds. The topological polar surface area (TPSA) is 93.0 Å². The van der Waals surface area contributed by atoms with Crippen LogP contribution in [0.1, 0.15) is 31.2 Å². The largest absolute Gasteiger partial charge is 0.337 e. The predicted octanol–water partition coefficient (Wildman–Crippen LogP) is 4.71. The Morgan fingerprint density at radius 3 is 2.81 bits per heavy atom. The van der Waals surface area contributed by atoms with Gasteiger partial charge in [0.15, 0.2) is 5.82 Å². The van der Waals surface area contributed by atoms with Crippen LogP contribution in [0.2, 0.25) is 5.02 Å². The van der Waals surface area contributed by atoms with Crippen molar-refractivity contribution in [2.24, 2.45) is 0 Å². The fourth-order valence-electron chi connectivity index (χ4n) is 4.31. The molecule has 0 unspecified atom stereocenters. The third kappa shape index (κ3) is 3.56. The van der Waals surface area contributed by atoms with Crippen LogP contribution in [0.3, 0.4) is 0 Å². The highest BCUT2D eigenvalue weighted by Crippen LogP contribution is 2.37. The first kappa shape index (κ1) is 19.7. The predicted molar refractivity (Wildman–Crippen MR) is 116 cm³/mol. The van der Waals surface area contributed by atoms with Crippen LogP contribution >= 0.6 is 11.6 Å². The minimum Gasteiger partial charge on any atom is -0.337 e. The molecule has 0 aliphatic carbocycles. The molecule has 156 valence electrons. The van der Waals surface area contributed by atoms with E-state index in [0.29, 0.717) is 22.5 Å². The molecule has 2 N–H and O–H groups in total. The van der Waals surface area contributed by atoms with E-state index < -0.39 is 10.7 Å². The number of anilines is 2. The van der Waals surface area contributed by atoms with Gasteiger partial charge in [-0.3, -0.25) is 15.4 Å². The van der Waals surface area contributed by atoms with Crippen molar-refractivity contribution < 1.29 is 9.31 Å². The van der Waals surface area contributed by atoms with Gasteiger partial charge in [0.25, 0.3) is 5.69 Å². The van der Waals surface area contributed by atoms with Crippen LogP contribution in [-0.4, -0.2) is 26.5 Å². The van der Waals surface area contributed by atoms with Gasteiger partial charge in [-0.15, -0.1) is 0 Å². The molecular weight excluding hydrogens is 421 g/mol. The Morgan fingerprint density at radius 2 is 2.10 bits per heavy atom. The number of fused-ring (bicyclic) bond motifs is 3. The number of halogens is 2. The molecule has 2 saturated heterocycles. The van der Waals surface area contributed by atoms with Crippen molar-refractivity contribution in [1.29, 1.82) is 0 Å². The van der Waals surface area contributed by atoms with Crippen molar-refractivity contribution in [3.8, 4) is 11.8 Å². The van der Waals surface area contributed by atoms with E-state index in [9.17, 15) is 14.5 Å². The van der Waals surface area contributed by atoms with Crippen LogP contribution in [0, 0.1) is 27.8 Å². The highest BCUT2D eigenvalue weighted by atomic mass is 35.5. The van der Waals surface area contributed by atoms with E-state index in [1.165, 1.54) is 24.5 Å². The summed E-state index contributed by atoms with van der Waals surface area (Å²) in [5.74, 6) is 5.87. The van der Waals surface area contributed by atoms with Crippen molar-refractivity contribution in [3.63, 3.8) is 0 Å². The number of nitro groups is 1. The summed E-state index contributed by atoms with van der Waals surface area (Å²) in [7, 11) is 0. The first-order chi connectivity index (χ1) is 14.9. The van der Waals surface area contributed by atoms with E-state index in [0.717, 1.165) is 25.7 Å². The zero-order valence-electron chi connectivity index (χ0n) is 16.3. The van der Waals surface area contributed by atoms with Crippen molar-refractivity contribution in [2.75, 3.05) is 5.32 Å². The molecule has 9 heteroatoms. The molecular formula is C22H17ClFN5O2. The SMILES string of the molecule is O=[N+]([O-])c1cc2c(Nc3cccc(Cl)c3F)ncnc2cc1C#CC12CCC(CC1)N2.